The highest BCUT2D eigenvalue weighted by Crippen LogP contribution is 2.21. The molecule has 1 heterocycles. The summed E-state index contributed by atoms with van der Waals surface area (Å²) in [5.41, 5.74) is 9.43. The van der Waals surface area contributed by atoms with Crippen LogP contribution >= 0.6 is 0 Å². The smallest absolute Gasteiger partial charge is 0.125 e. The Balaban J connectivity index is 2.10. The topological polar surface area (TPSA) is 43.8 Å². The molecule has 0 amide bonds. The number of nitrogen functional groups attached to an aromatic ring is 1. The Morgan fingerprint density at radius 2 is 2.00 bits per heavy atom. The van der Waals surface area contributed by atoms with Gasteiger partial charge in [-0.25, -0.2) is 9.37 Å². The molecule has 0 aliphatic rings. The van der Waals surface area contributed by atoms with Gasteiger partial charge in [0.2, 0.25) is 0 Å². The number of para-hydroxylation sites is 1. The molecule has 0 aliphatic carbocycles. The van der Waals surface area contributed by atoms with E-state index in [0.29, 0.717) is 6.42 Å². The SMILES string of the molecule is CCn1c(Cc2ccccc2N)nc2ccc(F)cc21. The van der Waals surface area contributed by atoms with Crippen LogP contribution in [0, 0.1) is 5.82 Å². The minimum atomic E-state index is -0.238. The zero-order valence-corrected chi connectivity index (χ0v) is 11.3. The molecule has 0 aliphatic heterocycles. The standard InChI is InChI=1S/C16H16FN3/c1-2-20-15-10-12(17)7-8-14(15)19-16(20)9-11-5-3-4-6-13(11)18/h3-8,10H,2,9,18H2,1H3. The van der Waals surface area contributed by atoms with Crippen molar-refractivity contribution in [2.45, 2.75) is 19.9 Å². The van der Waals surface area contributed by atoms with Gasteiger partial charge >= 0.3 is 0 Å². The number of halogens is 1. The summed E-state index contributed by atoms with van der Waals surface area (Å²) in [7, 11) is 0. The Hall–Kier alpha value is -2.36. The van der Waals surface area contributed by atoms with E-state index in [1.54, 1.807) is 6.07 Å². The van der Waals surface area contributed by atoms with Gasteiger partial charge in [0.1, 0.15) is 11.6 Å². The van der Waals surface area contributed by atoms with E-state index in [1.807, 2.05) is 35.8 Å². The number of nitrogens with zero attached hydrogens (tertiary/aromatic N) is 2. The zero-order valence-electron chi connectivity index (χ0n) is 11.3. The average molecular weight is 269 g/mol. The van der Waals surface area contributed by atoms with Crippen LogP contribution in [0.15, 0.2) is 42.5 Å². The zero-order chi connectivity index (χ0) is 14.1. The van der Waals surface area contributed by atoms with E-state index in [0.717, 1.165) is 34.7 Å². The highest BCUT2D eigenvalue weighted by atomic mass is 19.1. The minimum Gasteiger partial charge on any atom is -0.398 e. The first kappa shape index (κ1) is 12.7. The number of hydrogen-bond donors (Lipinski definition) is 1. The Bertz CT molecular complexity index is 762. The summed E-state index contributed by atoms with van der Waals surface area (Å²) >= 11 is 0. The summed E-state index contributed by atoms with van der Waals surface area (Å²) in [6, 6.07) is 12.4. The number of hydrogen-bond acceptors (Lipinski definition) is 2. The maximum absolute atomic E-state index is 13.4. The van der Waals surface area contributed by atoms with Crippen molar-refractivity contribution in [1.82, 2.24) is 9.55 Å². The van der Waals surface area contributed by atoms with Crippen molar-refractivity contribution in [3.8, 4) is 0 Å². The summed E-state index contributed by atoms with van der Waals surface area (Å²) in [5.74, 6) is 0.670. The van der Waals surface area contributed by atoms with Gasteiger partial charge in [-0.1, -0.05) is 18.2 Å². The molecule has 0 saturated carbocycles. The van der Waals surface area contributed by atoms with Crippen molar-refractivity contribution >= 4 is 16.7 Å². The summed E-state index contributed by atoms with van der Waals surface area (Å²) in [6.07, 6.45) is 0.650. The second-order valence-corrected chi connectivity index (χ2v) is 4.78. The van der Waals surface area contributed by atoms with Crippen LogP contribution in [-0.4, -0.2) is 9.55 Å². The third-order valence-electron chi connectivity index (χ3n) is 3.51. The maximum Gasteiger partial charge on any atom is 0.125 e. The predicted molar refractivity (Wildman–Crippen MR) is 79.0 cm³/mol. The van der Waals surface area contributed by atoms with E-state index in [1.165, 1.54) is 12.1 Å². The lowest BCUT2D eigenvalue weighted by atomic mass is 10.1. The quantitative estimate of drug-likeness (QED) is 0.741. The van der Waals surface area contributed by atoms with Gasteiger partial charge in [-0.3, -0.25) is 0 Å². The molecule has 0 radical (unpaired) electrons. The van der Waals surface area contributed by atoms with Crippen molar-refractivity contribution in [1.29, 1.82) is 0 Å². The predicted octanol–water partition coefficient (Wildman–Crippen LogP) is 3.37. The molecule has 4 heteroatoms. The van der Waals surface area contributed by atoms with Crippen molar-refractivity contribution < 1.29 is 4.39 Å². The van der Waals surface area contributed by atoms with Crippen molar-refractivity contribution in [2.75, 3.05) is 5.73 Å². The lowest BCUT2D eigenvalue weighted by Gasteiger charge is -2.08. The lowest BCUT2D eigenvalue weighted by molar-refractivity contribution is 0.628. The van der Waals surface area contributed by atoms with E-state index in [4.69, 9.17) is 5.73 Å². The average Bonchev–Trinajstić information content (AvgIpc) is 2.78. The van der Waals surface area contributed by atoms with Crippen LogP contribution in [0.2, 0.25) is 0 Å². The molecule has 3 nitrogen and oxygen atoms in total. The third-order valence-corrected chi connectivity index (χ3v) is 3.51. The molecule has 0 atom stereocenters. The molecular formula is C16H16FN3. The van der Waals surface area contributed by atoms with Gasteiger partial charge in [-0.15, -0.1) is 0 Å². The highest BCUT2D eigenvalue weighted by molar-refractivity contribution is 5.76. The lowest BCUT2D eigenvalue weighted by Crippen LogP contribution is -2.04. The molecule has 20 heavy (non-hydrogen) atoms. The van der Waals surface area contributed by atoms with E-state index < -0.39 is 0 Å². The number of aromatic nitrogens is 2. The van der Waals surface area contributed by atoms with Crippen LogP contribution < -0.4 is 5.73 Å². The first-order valence-electron chi connectivity index (χ1n) is 6.67. The fourth-order valence-corrected chi connectivity index (χ4v) is 2.50. The second kappa shape index (κ2) is 4.96. The fourth-order valence-electron chi connectivity index (χ4n) is 2.50. The van der Waals surface area contributed by atoms with Crippen molar-refractivity contribution in [2.24, 2.45) is 0 Å². The minimum absolute atomic E-state index is 0.238. The number of aryl methyl sites for hydroxylation is 1. The van der Waals surface area contributed by atoms with E-state index in [-0.39, 0.29) is 5.82 Å². The highest BCUT2D eigenvalue weighted by Gasteiger charge is 2.11. The molecule has 2 aromatic carbocycles. The molecule has 2 N–H and O–H groups in total. The first-order chi connectivity index (χ1) is 9.69. The Morgan fingerprint density at radius 3 is 2.75 bits per heavy atom. The number of imidazole rings is 1. The fraction of sp³-hybridized carbons (Fsp3) is 0.188. The number of benzene rings is 2. The summed E-state index contributed by atoms with van der Waals surface area (Å²) in [6.45, 7) is 2.78. The molecule has 0 fully saturated rings. The van der Waals surface area contributed by atoms with Crippen LogP contribution in [0.5, 0.6) is 0 Å². The van der Waals surface area contributed by atoms with Crippen LogP contribution in [0.4, 0.5) is 10.1 Å². The number of fused-ring (bicyclic) bond motifs is 1. The molecule has 3 rings (SSSR count). The molecule has 0 bridgehead atoms. The molecule has 102 valence electrons. The molecule has 0 saturated heterocycles. The van der Waals surface area contributed by atoms with Crippen LogP contribution in [0.1, 0.15) is 18.3 Å². The van der Waals surface area contributed by atoms with Crippen molar-refractivity contribution in [3.05, 3.63) is 59.7 Å². The van der Waals surface area contributed by atoms with Crippen LogP contribution in [0.25, 0.3) is 11.0 Å². The van der Waals surface area contributed by atoms with Gasteiger partial charge in [-0.2, -0.15) is 0 Å². The van der Waals surface area contributed by atoms with E-state index >= 15 is 0 Å². The Labute approximate surface area is 116 Å². The third kappa shape index (κ3) is 2.13. The Morgan fingerprint density at radius 1 is 1.20 bits per heavy atom. The molecule has 1 aromatic heterocycles. The normalized spacial score (nSPS) is 11.1. The van der Waals surface area contributed by atoms with Gasteiger partial charge < -0.3 is 10.3 Å². The van der Waals surface area contributed by atoms with Gasteiger partial charge in [0.05, 0.1) is 11.0 Å². The van der Waals surface area contributed by atoms with Gasteiger partial charge in [0, 0.05) is 18.7 Å². The summed E-state index contributed by atoms with van der Waals surface area (Å²) < 4.78 is 15.4. The first-order valence-corrected chi connectivity index (χ1v) is 6.67. The maximum atomic E-state index is 13.4. The molecule has 3 aromatic rings. The van der Waals surface area contributed by atoms with Gasteiger partial charge in [0.15, 0.2) is 0 Å². The monoisotopic (exact) mass is 269 g/mol. The van der Waals surface area contributed by atoms with Crippen LogP contribution in [-0.2, 0) is 13.0 Å². The summed E-state index contributed by atoms with van der Waals surface area (Å²) in [5, 5.41) is 0. The van der Waals surface area contributed by atoms with E-state index in [2.05, 4.69) is 4.98 Å². The molecule has 0 unspecified atom stereocenters. The van der Waals surface area contributed by atoms with Crippen molar-refractivity contribution in [3.63, 3.8) is 0 Å². The Kier molecular flexibility index (Phi) is 3.14. The second-order valence-electron chi connectivity index (χ2n) is 4.78. The van der Waals surface area contributed by atoms with Gasteiger partial charge in [0.25, 0.3) is 0 Å². The van der Waals surface area contributed by atoms with Crippen LogP contribution in [0.3, 0.4) is 0 Å². The van der Waals surface area contributed by atoms with E-state index in [9.17, 15) is 4.39 Å². The summed E-state index contributed by atoms with van der Waals surface area (Å²) in [4.78, 5) is 4.60. The number of anilines is 1. The number of rotatable bonds is 3. The largest absolute Gasteiger partial charge is 0.398 e. The number of nitrogens with two attached hydrogens (primary N) is 1. The molecule has 0 spiro atoms. The molecular weight excluding hydrogens is 253 g/mol. The van der Waals surface area contributed by atoms with Gasteiger partial charge in [-0.05, 0) is 36.8 Å².